The fourth-order valence-corrected chi connectivity index (χ4v) is 1.65. The number of esters is 1. The number of ether oxygens (including phenoxy) is 1. The van der Waals surface area contributed by atoms with Gasteiger partial charge in [-0.05, 0) is 23.5 Å². The molecule has 21 heavy (non-hydrogen) atoms. The number of hydrogen-bond donors (Lipinski definition) is 1. The Kier molecular flexibility index (Phi) is 5.29. The average Bonchev–Trinajstić information content (AvgIpc) is 2.42. The Morgan fingerprint density at radius 1 is 1.43 bits per heavy atom. The third kappa shape index (κ3) is 4.44. The van der Waals surface area contributed by atoms with Crippen molar-refractivity contribution in [1.82, 2.24) is 0 Å². The summed E-state index contributed by atoms with van der Waals surface area (Å²) in [6, 6.07) is 4.16. The van der Waals surface area contributed by atoms with E-state index in [-0.39, 0.29) is 16.7 Å². The molecule has 0 fully saturated rings. The summed E-state index contributed by atoms with van der Waals surface area (Å²) in [5.41, 5.74) is 0.652. The van der Waals surface area contributed by atoms with Crippen LogP contribution in [0.3, 0.4) is 0 Å². The van der Waals surface area contributed by atoms with Crippen molar-refractivity contribution >= 4 is 17.3 Å². The lowest BCUT2D eigenvalue weighted by molar-refractivity contribution is -0.384. The molecular weight excluding hydrogens is 272 g/mol. The average molecular weight is 294 g/mol. The second-order valence-corrected chi connectivity index (χ2v) is 6.13. The third-order valence-corrected chi connectivity index (χ3v) is 3.69. The van der Waals surface area contributed by atoms with Gasteiger partial charge in [-0.3, -0.25) is 10.1 Å². The fraction of sp³-hybridized carbons (Fsp3) is 0.533. The molecule has 0 aliphatic heterocycles. The van der Waals surface area contributed by atoms with Gasteiger partial charge in [-0.2, -0.15) is 0 Å². The number of anilines is 1. The van der Waals surface area contributed by atoms with Gasteiger partial charge in [0, 0.05) is 12.6 Å². The normalized spacial score (nSPS) is 12.6. The Hall–Kier alpha value is -2.11. The number of methoxy groups -OCH3 is 1. The van der Waals surface area contributed by atoms with E-state index in [0.717, 1.165) is 0 Å². The molecule has 1 atom stereocenters. The topological polar surface area (TPSA) is 81.5 Å². The molecule has 1 N–H and O–H groups in total. The maximum absolute atomic E-state index is 11.5. The molecule has 0 bridgehead atoms. The van der Waals surface area contributed by atoms with Crippen LogP contribution < -0.4 is 5.32 Å². The molecule has 116 valence electrons. The second kappa shape index (κ2) is 6.56. The van der Waals surface area contributed by atoms with Crippen molar-refractivity contribution in [2.45, 2.75) is 27.7 Å². The second-order valence-electron chi connectivity index (χ2n) is 6.13. The zero-order valence-electron chi connectivity index (χ0n) is 13.1. The number of rotatable bonds is 5. The van der Waals surface area contributed by atoms with Gasteiger partial charge in [0.25, 0.3) is 5.69 Å². The van der Waals surface area contributed by atoms with E-state index in [1.807, 2.05) is 0 Å². The van der Waals surface area contributed by atoms with Crippen LogP contribution in [0.25, 0.3) is 0 Å². The molecule has 0 aromatic heterocycles. The number of nitro benzene ring substituents is 1. The van der Waals surface area contributed by atoms with E-state index in [0.29, 0.717) is 18.2 Å². The SMILES string of the molecule is COC(=O)c1ccc([N+](=O)[O-])c(NCC(C)C(C)(C)C)c1. The van der Waals surface area contributed by atoms with Gasteiger partial charge in [0.05, 0.1) is 17.6 Å². The molecule has 0 saturated carbocycles. The van der Waals surface area contributed by atoms with E-state index >= 15 is 0 Å². The Morgan fingerprint density at radius 3 is 2.52 bits per heavy atom. The first kappa shape index (κ1) is 16.9. The van der Waals surface area contributed by atoms with Crippen molar-refractivity contribution in [2.75, 3.05) is 19.0 Å². The van der Waals surface area contributed by atoms with Crippen molar-refractivity contribution in [3.05, 3.63) is 33.9 Å². The Morgan fingerprint density at radius 2 is 2.05 bits per heavy atom. The van der Waals surface area contributed by atoms with Crippen molar-refractivity contribution in [3.63, 3.8) is 0 Å². The third-order valence-electron chi connectivity index (χ3n) is 3.69. The van der Waals surface area contributed by atoms with Gasteiger partial charge in [0.2, 0.25) is 0 Å². The first-order valence-electron chi connectivity index (χ1n) is 6.77. The minimum Gasteiger partial charge on any atom is -0.465 e. The molecule has 0 aliphatic rings. The lowest BCUT2D eigenvalue weighted by Crippen LogP contribution is -2.25. The van der Waals surface area contributed by atoms with Crippen LogP contribution in [0.15, 0.2) is 18.2 Å². The number of benzene rings is 1. The van der Waals surface area contributed by atoms with E-state index < -0.39 is 10.9 Å². The van der Waals surface area contributed by atoms with E-state index in [4.69, 9.17) is 0 Å². The van der Waals surface area contributed by atoms with Crippen LogP contribution in [0.1, 0.15) is 38.1 Å². The largest absolute Gasteiger partial charge is 0.465 e. The van der Waals surface area contributed by atoms with Crippen molar-refractivity contribution < 1.29 is 14.5 Å². The van der Waals surface area contributed by atoms with Crippen LogP contribution in [-0.4, -0.2) is 24.5 Å². The predicted octanol–water partition coefficient (Wildman–Crippen LogP) is 3.48. The Balaban J connectivity index is 3.02. The number of nitro groups is 1. The molecule has 0 saturated heterocycles. The number of carbonyl (C=O) groups excluding carboxylic acids is 1. The van der Waals surface area contributed by atoms with E-state index in [1.54, 1.807) is 0 Å². The van der Waals surface area contributed by atoms with Gasteiger partial charge in [-0.15, -0.1) is 0 Å². The van der Waals surface area contributed by atoms with Gasteiger partial charge in [0.1, 0.15) is 5.69 Å². The van der Waals surface area contributed by atoms with E-state index in [1.165, 1.54) is 25.3 Å². The highest BCUT2D eigenvalue weighted by Gasteiger charge is 2.22. The first-order valence-corrected chi connectivity index (χ1v) is 6.77. The summed E-state index contributed by atoms with van der Waals surface area (Å²) in [4.78, 5) is 22.1. The van der Waals surface area contributed by atoms with Crippen LogP contribution in [0.4, 0.5) is 11.4 Å². The molecular formula is C15H22N2O4. The maximum atomic E-state index is 11.5. The molecule has 6 nitrogen and oxygen atoms in total. The smallest absolute Gasteiger partial charge is 0.337 e. The van der Waals surface area contributed by atoms with Gasteiger partial charge in [0.15, 0.2) is 0 Å². The highest BCUT2D eigenvalue weighted by atomic mass is 16.6. The van der Waals surface area contributed by atoms with Crippen LogP contribution in [-0.2, 0) is 4.74 Å². The predicted molar refractivity (Wildman–Crippen MR) is 81.5 cm³/mol. The summed E-state index contributed by atoms with van der Waals surface area (Å²) in [6.45, 7) is 8.98. The number of hydrogen-bond acceptors (Lipinski definition) is 5. The molecule has 0 radical (unpaired) electrons. The molecule has 0 amide bonds. The van der Waals surface area contributed by atoms with Crippen molar-refractivity contribution in [2.24, 2.45) is 11.3 Å². The van der Waals surface area contributed by atoms with Gasteiger partial charge in [-0.25, -0.2) is 4.79 Å². The summed E-state index contributed by atoms with van der Waals surface area (Å²) in [5, 5.41) is 14.1. The molecule has 1 unspecified atom stereocenters. The number of nitrogens with zero attached hydrogens (tertiary/aromatic N) is 1. The highest BCUT2D eigenvalue weighted by molar-refractivity contribution is 5.91. The number of carbonyl (C=O) groups is 1. The lowest BCUT2D eigenvalue weighted by Gasteiger charge is -2.27. The zero-order valence-corrected chi connectivity index (χ0v) is 13.1. The summed E-state index contributed by atoms with van der Waals surface area (Å²) >= 11 is 0. The Labute approximate surface area is 124 Å². The molecule has 1 rings (SSSR count). The van der Waals surface area contributed by atoms with E-state index in [9.17, 15) is 14.9 Å². The lowest BCUT2D eigenvalue weighted by atomic mass is 9.82. The van der Waals surface area contributed by atoms with Crippen molar-refractivity contribution in [1.29, 1.82) is 0 Å². The minimum absolute atomic E-state index is 0.0521. The van der Waals surface area contributed by atoms with E-state index in [2.05, 4.69) is 37.7 Å². The van der Waals surface area contributed by atoms with Gasteiger partial charge >= 0.3 is 5.97 Å². The molecule has 0 aliphatic carbocycles. The summed E-state index contributed by atoms with van der Waals surface area (Å²) < 4.78 is 4.63. The first-order chi connectivity index (χ1) is 9.66. The fourth-order valence-electron chi connectivity index (χ4n) is 1.65. The van der Waals surface area contributed by atoms with Crippen LogP contribution in [0, 0.1) is 21.4 Å². The minimum atomic E-state index is -0.517. The van der Waals surface area contributed by atoms with Crippen LogP contribution in [0.2, 0.25) is 0 Å². The van der Waals surface area contributed by atoms with Gasteiger partial charge < -0.3 is 10.1 Å². The number of nitrogens with one attached hydrogen (secondary N) is 1. The van der Waals surface area contributed by atoms with Gasteiger partial charge in [-0.1, -0.05) is 27.7 Å². The van der Waals surface area contributed by atoms with Crippen LogP contribution in [0.5, 0.6) is 0 Å². The quantitative estimate of drug-likeness (QED) is 0.511. The summed E-state index contributed by atoms with van der Waals surface area (Å²) in [6.07, 6.45) is 0. The standard InChI is InChI=1S/C15H22N2O4/c1-10(15(2,3)4)9-16-12-8-11(14(18)21-5)6-7-13(12)17(19)20/h6-8,10,16H,9H2,1-5H3. The molecule has 1 aromatic rings. The molecule has 1 aromatic carbocycles. The molecule has 6 heteroatoms. The summed E-state index contributed by atoms with van der Waals surface area (Å²) in [5.74, 6) is -0.212. The molecule has 0 spiro atoms. The monoisotopic (exact) mass is 294 g/mol. The highest BCUT2D eigenvalue weighted by Crippen LogP contribution is 2.29. The Bertz CT molecular complexity index is 535. The molecule has 0 heterocycles. The van der Waals surface area contributed by atoms with Crippen molar-refractivity contribution in [3.8, 4) is 0 Å². The maximum Gasteiger partial charge on any atom is 0.337 e. The zero-order chi connectivity index (χ0) is 16.2. The summed E-state index contributed by atoms with van der Waals surface area (Å²) in [7, 11) is 1.28. The van der Waals surface area contributed by atoms with Crippen LogP contribution >= 0.6 is 0 Å².